The zero-order valence-corrected chi connectivity index (χ0v) is 21.6. The van der Waals surface area contributed by atoms with Gasteiger partial charge in [-0.3, -0.25) is 0 Å². The Morgan fingerprint density at radius 1 is 0.743 bits per heavy atom. The summed E-state index contributed by atoms with van der Waals surface area (Å²) in [5, 5.41) is 4.46. The molecule has 0 saturated heterocycles. The lowest BCUT2D eigenvalue weighted by Crippen LogP contribution is -2.30. The van der Waals surface area contributed by atoms with E-state index in [2.05, 4.69) is 85.0 Å². The summed E-state index contributed by atoms with van der Waals surface area (Å²) >= 11 is 6.05. The fraction of sp³-hybridized carbons (Fsp3) is 0.226. The van der Waals surface area contributed by atoms with Crippen molar-refractivity contribution in [1.29, 1.82) is 0 Å². The second-order valence-electron chi connectivity index (χ2n) is 8.78. The minimum absolute atomic E-state index is 0. The van der Waals surface area contributed by atoms with Crippen LogP contribution in [0.4, 0.5) is 0 Å². The molecule has 35 heavy (non-hydrogen) atoms. The van der Waals surface area contributed by atoms with E-state index in [0.717, 1.165) is 35.7 Å². The molecule has 0 aliphatic heterocycles. The van der Waals surface area contributed by atoms with Gasteiger partial charge in [0.25, 0.3) is 0 Å². The van der Waals surface area contributed by atoms with Crippen molar-refractivity contribution in [3.8, 4) is 5.75 Å². The maximum absolute atomic E-state index is 6.05. The summed E-state index contributed by atoms with van der Waals surface area (Å²) < 4.78 is 5.91. The molecular weight excluding hydrogens is 473 g/mol. The maximum Gasteiger partial charge on any atom is 0.119 e. The van der Waals surface area contributed by atoms with E-state index in [1.807, 2.05) is 36.4 Å². The first-order valence-corrected chi connectivity index (χ1v) is 12.3. The second kappa shape index (κ2) is 13.9. The molecule has 0 radical (unpaired) electrons. The molecule has 0 aliphatic carbocycles. The van der Waals surface area contributed by atoms with Crippen LogP contribution >= 0.6 is 24.0 Å². The number of hydrogen-bond acceptors (Lipinski definition) is 2. The number of hydrogen-bond donors (Lipinski definition) is 1. The van der Waals surface area contributed by atoms with E-state index >= 15 is 0 Å². The van der Waals surface area contributed by atoms with E-state index in [-0.39, 0.29) is 12.4 Å². The van der Waals surface area contributed by atoms with Crippen molar-refractivity contribution in [3.63, 3.8) is 0 Å². The van der Waals surface area contributed by atoms with Gasteiger partial charge in [-0.1, -0.05) is 96.5 Å². The minimum Gasteiger partial charge on any atom is -0.489 e. The van der Waals surface area contributed by atoms with E-state index in [1.54, 1.807) is 0 Å². The Labute approximate surface area is 220 Å². The van der Waals surface area contributed by atoms with Gasteiger partial charge in [-0.2, -0.15) is 0 Å². The van der Waals surface area contributed by atoms with Crippen LogP contribution in [-0.2, 0) is 13.0 Å². The van der Waals surface area contributed by atoms with Gasteiger partial charge >= 0.3 is 0 Å². The zero-order valence-electron chi connectivity index (χ0n) is 20.1. The Balaban J connectivity index is 0.00000342. The van der Waals surface area contributed by atoms with Crippen LogP contribution in [0, 0.1) is 0 Å². The molecule has 4 heteroatoms. The van der Waals surface area contributed by atoms with Crippen molar-refractivity contribution < 1.29 is 4.74 Å². The Morgan fingerprint density at radius 3 is 1.97 bits per heavy atom. The summed E-state index contributed by atoms with van der Waals surface area (Å²) in [6.07, 6.45) is 2.05. The number of halogens is 2. The second-order valence-corrected chi connectivity index (χ2v) is 9.22. The molecule has 182 valence electrons. The van der Waals surface area contributed by atoms with Gasteiger partial charge in [0.2, 0.25) is 0 Å². The molecule has 0 fully saturated rings. The van der Waals surface area contributed by atoms with Crippen molar-refractivity contribution in [1.82, 2.24) is 5.32 Å². The molecule has 0 amide bonds. The van der Waals surface area contributed by atoms with Crippen LogP contribution < -0.4 is 10.1 Å². The SMILES string of the molecule is CC(Cc1ccc(OCc2cccc(Cl)c2)cc1)NCCC(c1ccccc1)c1ccccc1.Cl. The van der Waals surface area contributed by atoms with Crippen molar-refractivity contribution in [3.05, 3.63) is 136 Å². The van der Waals surface area contributed by atoms with Gasteiger partial charge in [-0.05, 0) is 72.8 Å². The highest BCUT2D eigenvalue weighted by Crippen LogP contribution is 2.27. The third-order valence-electron chi connectivity index (χ3n) is 6.09. The van der Waals surface area contributed by atoms with Crippen LogP contribution in [0.25, 0.3) is 0 Å². The molecule has 4 aromatic carbocycles. The van der Waals surface area contributed by atoms with E-state index in [0.29, 0.717) is 18.6 Å². The highest BCUT2D eigenvalue weighted by Gasteiger charge is 2.14. The fourth-order valence-electron chi connectivity index (χ4n) is 4.31. The molecule has 0 heterocycles. The van der Waals surface area contributed by atoms with Gasteiger partial charge in [0.15, 0.2) is 0 Å². The number of benzene rings is 4. The average Bonchev–Trinajstić information content (AvgIpc) is 2.87. The fourth-order valence-corrected chi connectivity index (χ4v) is 4.52. The maximum atomic E-state index is 6.05. The zero-order chi connectivity index (χ0) is 23.6. The summed E-state index contributed by atoms with van der Waals surface area (Å²) in [5.41, 5.74) is 5.12. The van der Waals surface area contributed by atoms with E-state index in [4.69, 9.17) is 16.3 Å². The monoisotopic (exact) mass is 505 g/mol. The first-order valence-electron chi connectivity index (χ1n) is 12.0. The predicted molar refractivity (Wildman–Crippen MR) is 150 cm³/mol. The van der Waals surface area contributed by atoms with Gasteiger partial charge in [0, 0.05) is 17.0 Å². The van der Waals surface area contributed by atoms with Gasteiger partial charge in [-0.25, -0.2) is 0 Å². The Bertz CT molecular complexity index is 1090. The number of rotatable bonds is 11. The van der Waals surface area contributed by atoms with Gasteiger partial charge in [0.05, 0.1) is 0 Å². The van der Waals surface area contributed by atoms with Crippen molar-refractivity contribution in [2.45, 2.75) is 38.3 Å². The normalized spacial score (nSPS) is 11.6. The number of ether oxygens (including phenoxy) is 1. The summed E-state index contributed by atoms with van der Waals surface area (Å²) in [5.74, 6) is 1.27. The molecule has 1 unspecified atom stereocenters. The van der Waals surface area contributed by atoms with Gasteiger partial charge in [-0.15, -0.1) is 12.4 Å². The first-order chi connectivity index (χ1) is 16.7. The van der Waals surface area contributed by atoms with Gasteiger partial charge in [0.1, 0.15) is 12.4 Å². The van der Waals surface area contributed by atoms with Crippen molar-refractivity contribution in [2.24, 2.45) is 0 Å². The molecule has 0 bridgehead atoms. The van der Waals surface area contributed by atoms with E-state index in [1.165, 1.54) is 16.7 Å². The van der Waals surface area contributed by atoms with Crippen LogP contribution in [0.2, 0.25) is 5.02 Å². The average molecular weight is 507 g/mol. The molecule has 4 rings (SSSR count). The quantitative estimate of drug-likeness (QED) is 0.222. The highest BCUT2D eigenvalue weighted by molar-refractivity contribution is 6.30. The highest BCUT2D eigenvalue weighted by atomic mass is 35.5. The molecular formula is C31H33Cl2NO. The smallest absolute Gasteiger partial charge is 0.119 e. The molecule has 0 aliphatic rings. The summed E-state index contributed by atoms with van der Waals surface area (Å²) in [7, 11) is 0. The molecule has 2 nitrogen and oxygen atoms in total. The van der Waals surface area contributed by atoms with Crippen LogP contribution in [0.15, 0.2) is 109 Å². The largest absolute Gasteiger partial charge is 0.489 e. The lowest BCUT2D eigenvalue weighted by Gasteiger charge is -2.20. The number of nitrogens with one attached hydrogen (secondary N) is 1. The molecule has 1 atom stereocenters. The molecule has 0 aromatic heterocycles. The minimum atomic E-state index is 0. The summed E-state index contributed by atoms with van der Waals surface area (Å²) in [6, 6.07) is 38.2. The van der Waals surface area contributed by atoms with Crippen molar-refractivity contribution in [2.75, 3.05) is 6.54 Å². The van der Waals surface area contributed by atoms with Crippen molar-refractivity contribution >= 4 is 24.0 Å². The van der Waals surface area contributed by atoms with Crippen LogP contribution in [-0.4, -0.2) is 12.6 Å². The summed E-state index contributed by atoms with van der Waals surface area (Å²) in [6.45, 7) is 3.74. The molecule has 0 saturated carbocycles. The third-order valence-corrected chi connectivity index (χ3v) is 6.32. The first kappa shape index (κ1) is 26.8. The van der Waals surface area contributed by atoms with Gasteiger partial charge < -0.3 is 10.1 Å². The van der Waals surface area contributed by atoms with E-state index < -0.39 is 0 Å². The molecule has 0 spiro atoms. The Hall–Kier alpha value is -2.78. The molecule has 4 aromatic rings. The Kier molecular flexibility index (Phi) is 10.7. The standard InChI is InChI=1S/C31H32ClNO.ClH/c1-24(21-25-15-17-30(18-16-25)34-23-26-9-8-14-29(32)22-26)33-20-19-31(27-10-4-2-5-11-27)28-12-6-3-7-13-28;/h2-18,22,24,31,33H,19-21,23H2,1H3;1H. The molecule has 1 N–H and O–H groups in total. The lowest BCUT2D eigenvalue weighted by atomic mass is 9.88. The van der Waals surface area contributed by atoms with Crippen LogP contribution in [0.5, 0.6) is 5.75 Å². The third kappa shape index (κ3) is 8.43. The predicted octanol–water partition coefficient (Wildman–Crippen LogP) is 8.08. The topological polar surface area (TPSA) is 21.3 Å². The van der Waals surface area contributed by atoms with Crippen LogP contribution in [0.1, 0.15) is 41.5 Å². The van der Waals surface area contributed by atoms with E-state index in [9.17, 15) is 0 Å². The van der Waals surface area contributed by atoms with Crippen LogP contribution in [0.3, 0.4) is 0 Å². The lowest BCUT2D eigenvalue weighted by molar-refractivity contribution is 0.306. The summed E-state index contributed by atoms with van der Waals surface area (Å²) in [4.78, 5) is 0. The Morgan fingerprint density at radius 2 is 1.37 bits per heavy atom.